The lowest BCUT2D eigenvalue weighted by Gasteiger charge is -2.34. The molecule has 156 valence electrons. The van der Waals surface area contributed by atoms with Crippen LogP contribution in [0.15, 0.2) is 30.3 Å². The van der Waals surface area contributed by atoms with Crippen LogP contribution in [0.4, 0.5) is 24.9 Å². The Hall–Kier alpha value is -2.13. The normalized spacial score (nSPS) is 17.1. The summed E-state index contributed by atoms with van der Waals surface area (Å²) < 4.78 is 40.1. The molecule has 1 atom stereocenters. The van der Waals surface area contributed by atoms with Crippen molar-refractivity contribution in [3.05, 3.63) is 46.6 Å². The minimum Gasteiger partial charge on any atom is -0.358 e. The maximum atomic E-state index is 13.4. The molecule has 0 saturated carbocycles. The molecule has 2 heterocycles. The molecule has 10 heteroatoms. The predicted octanol–water partition coefficient (Wildman–Crippen LogP) is 5.01. The average Bonchev–Trinajstić information content (AvgIpc) is 2.67. The zero-order valence-corrected chi connectivity index (χ0v) is 17.3. The minimum absolute atomic E-state index is 0.113. The van der Waals surface area contributed by atoms with Gasteiger partial charge in [-0.15, -0.1) is 0 Å². The second-order valence-electron chi connectivity index (χ2n) is 6.91. The van der Waals surface area contributed by atoms with Crippen molar-refractivity contribution in [2.45, 2.75) is 44.9 Å². The number of alkyl halides is 3. The number of rotatable bonds is 4. The van der Waals surface area contributed by atoms with Gasteiger partial charge in [0.1, 0.15) is 5.82 Å². The van der Waals surface area contributed by atoms with Crippen molar-refractivity contribution < 1.29 is 13.2 Å². The molecule has 0 aliphatic carbocycles. The van der Waals surface area contributed by atoms with Gasteiger partial charge in [-0.1, -0.05) is 23.7 Å². The first-order chi connectivity index (χ1) is 13.7. The quantitative estimate of drug-likeness (QED) is 0.647. The molecule has 0 radical (unpaired) electrons. The Labute approximate surface area is 177 Å². The van der Waals surface area contributed by atoms with Gasteiger partial charge in [-0.2, -0.15) is 18.2 Å². The van der Waals surface area contributed by atoms with E-state index in [4.69, 9.17) is 23.8 Å². The largest absolute Gasteiger partial charge is 0.433 e. The number of hydrogen-bond donors (Lipinski definition) is 2. The molecular weight excluding hydrogens is 423 g/mol. The van der Waals surface area contributed by atoms with Crippen molar-refractivity contribution >= 4 is 40.7 Å². The first-order valence-electron chi connectivity index (χ1n) is 9.24. The topological polar surface area (TPSA) is 53.1 Å². The predicted molar refractivity (Wildman–Crippen MR) is 112 cm³/mol. The van der Waals surface area contributed by atoms with Gasteiger partial charge >= 0.3 is 6.18 Å². The second kappa shape index (κ2) is 9.13. The summed E-state index contributed by atoms with van der Waals surface area (Å²) in [5.74, 6) is 0.0729. The van der Waals surface area contributed by atoms with Gasteiger partial charge in [0.05, 0.1) is 0 Å². The van der Waals surface area contributed by atoms with E-state index in [-0.39, 0.29) is 22.9 Å². The standard InChI is InChI=1S/C19H21ClF3N5S/c1-12-4-2-3-9-28(12)16-10-15(19(21,22)23)25-17(26-16)27-18(29)24-11-13-5-7-14(20)8-6-13/h5-8,10,12H,2-4,9,11H2,1H3,(H2,24,25,26,27,29)/t12-/m1/s1. The number of benzene rings is 1. The van der Waals surface area contributed by atoms with E-state index < -0.39 is 11.9 Å². The van der Waals surface area contributed by atoms with Crippen LogP contribution in [0.1, 0.15) is 37.4 Å². The molecule has 1 aliphatic rings. The molecular formula is C19H21ClF3N5S. The highest BCUT2D eigenvalue weighted by Crippen LogP contribution is 2.32. The van der Waals surface area contributed by atoms with Crippen LogP contribution in [-0.4, -0.2) is 27.7 Å². The Morgan fingerprint density at radius 2 is 1.97 bits per heavy atom. The van der Waals surface area contributed by atoms with E-state index in [2.05, 4.69) is 20.6 Å². The maximum absolute atomic E-state index is 13.4. The van der Waals surface area contributed by atoms with E-state index >= 15 is 0 Å². The lowest BCUT2D eigenvalue weighted by molar-refractivity contribution is -0.141. The number of aromatic nitrogens is 2. The molecule has 1 fully saturated rings. The van der Waals surface area contributed by atoms with E-state index in [1.54, 1.807) is 12.1 Å². The summed E-state index contributed by atoms with van der Waals surface area (Å²) in [4.78, 5) is 9.78. The van der Waals surface area contributed by atoms with Crippen LogP contribution in [0.25, 0.3) is 0 Å². The Balaban J connectivity index is 1.75. The molecule has 0 amide bonds. The van der Waals surface area contributed by atoms with E-state index in [1.165, 1.54) is 0 Å². The number of nitrogens with one attached hydrogen (secondary N) is 2. The summed E-state index contributed by atoms with van der Waals surface area (Å²) >= 11 is 11.0. The minimum atomic E-state index is -4.58. The molecule has 29 heavy (non-hydrogen) atoms. The molecule has 3 rings (SSSR count). The highest BCUT2D eigenvalue weighted by molar-refractivity contribution is 7.80. The third kappa shape index (κ3) is 5.93. The van der Waals surface area contributed by atoms with Crippen LogP contribution in [0, 0.1) is 0 Å². The third-order valence-electron chi connectivity index (χ3n) is 4.69. The van der Waals surface area contributed by atoms with Crippen molar-refractivity contribution in [1.29, 1.82) is 0 Å². The fourth-order valence-corrected chi connectivity index (χ4v) is 3.44. The molecule has 0 spiro atoms. The van der Waals surface area contributed by atoms with Crippen LogP contribution in [-0.2, 0) is 12.7 Å². The Morgan fingerprint density at radius 1 is 1.24 bits per heavy atom. The van der Waals surface area contributed by atoms with Crippen LogP contribution < -0.4 is 15.5 Å². The van der Waals surface area contributed by atoms with E-state index in [0.29, 0.717) is 18.1 Å². The zero-order valence-electron chi connectivity index (χ0n) is 15.8. The molecule has 2 aromatic rings. The molecule has 2 N–H and O–H groups in total. The van der Waals surface area contributed by atoms with Gasteiger partial charge in [-0.05, 0) is 56.1 Å². The number of halogens is 4. The van der Waals surface area contributed by atoms with Gasteiger partial charge in [0.2, 0.25) is 5.95 Å². The number of nitrogens with zero attached hydrogens (tertiary/aromatic N) is 3. The van der Waals surface area contributed by atoms with Crippen LogP contribution in [0.5, 0.6) is 0 Å². The molecule has 1 saturated heterocycles. The Bertz CT molecular complexity index is 860. The summed E-state index contributed by atoms with van der Waals surface area (Å²) in [7, 11) is 0. The number of thiocarbonyl (C=S) groups is 1. The fraction of sp³-hybridized carbons (Fsp3) is 0.421. The summed E-state index contributed by atoms with van der Waals surface area (Å²) in [5, 5.41) is 6.36. The number of hydrogen-bond acceptors (Lipinski definition) is 4. The third-order valence-corrected chi connectivity index (χ3v) is 5.19. The number of piperidine rings is 1. The summed E-state index contributed by atoms with van der Waals surface area (Å²) in [6.07, 6.45) is -1.70. The fourth-order valence-electron chi connectivity index (χ4n) is 3.15. The lowest BCUT2D eigenvalue weighted by atomic mass is 10.0. The van der Waals surface area contributed by atoms with Gasteiger partial charge in [-0.3, -0.25) is 0 Å². The van der Waals surface area contributed by atoms with Gasteiger partial charge in [-0.25, -0.2) is 4.98 Å². The lowest BCUT2D eigenvalue weighted by Crippen LogP contribution is -2.38. The van der Waals surface area contributed by atoms with Crippen molar-refractivity contribution in [1.82, 2.24) is 15.3 Å². The van der Waals surface area contributed by atoms with Crippen molar-refractivity contribution in [2.24, 2.45) is 0 Å². The smallest absolute Gasteiger partial charge is 0.358 e. The second-order valence-corrected chi connectivity index (χ2v) is 7.75. The van der Waals surface area contributed by atoms with Gasteiger partial charge in [0.25, 0.3) is 0 Å². The summed E-state index contributed by atoms with van der Waals surface area (Å²) in [5.41, 5.74) is -0.0744. The molecule has 1 aliphatic heterocycles. The highest BCUT2D eigenvalue weighted by Gasteiger charge is 2.35. The molecule has 5 nitrogen and oxygen atoms in total. The van der Waals surface area contributed by atoms with E-state index in [9.17, 15) is 13.2 Å². The summed E-state index contributed by atoms with van der Waals surface area (Å²) in [6.45, 7) is 3.03. The molecule has 1 aromatic carbocycles. The van der Waals surface area contributed by atoms with Crippen molar-refractivity contribution in [3.63, 3.8) is 0 Å². The van der Waals surface area contributed by atoms with Crippen molar-refractivity contribution in [2.75, 3.05) is 16.8 Å². The first-order valence-corrected chi connectivity index (χ1v) is 10.0. The molecule has 0 bridgehead atoms. The summed E-state index contributed by atoms with van der Waals surface area (Å²) in [6, 6.07) is 8.26. The Morgan fingerprint density at radius 3 is 2.62 bits per heavy atom. The highest BCUT2D eigenvalue weighted by atomic mass is 35.5. The van der Waals surface area contributed by atoms with Crippen LogP contribution in [0.2, 0.25) is 5.02 Å². The van der Waals surface area contributed by atoms with E-state index in [0.717, 1.165) is 30.9 Å². The molecule has 1 aromatic heterocycles. The monoisotopic (exact) mass is 443 g/mol. The van der Waals surface area contributed by atoms with E-state index in [1.807, 2.05) is 24.0 Å². The average molecular weight is 444 g/mol. The first kappa shape index (κ1) is 21.6. The molecule has 0 unspecified atom stereocenters. The zero-order chi connectivity index (χ0) is 21.0. The van der Waals surface area contributed by atoms with Gasteiger partial charge in [0.15, 0.2) is 10.8 Å². The maximum Gasteiger partial charge on any atom is 0.433 e. The SMILES string of the molecule is C[C@@H]1CCCCN1c1cc(C(F)(F)F)nc(NC(=S)NCc2ccc(Cl)cc2)n1. The van der Waals surface area contributed by atoms with Crippen molar-refractivity contribution in [3.8, 4) is 0 Å². The van der Waals surface area contributed by atoms with Gasteiger partial charge < -0.3 is 15.5 Å². The van der Waals surface area contributed by atoms with Gasteiger partial charge in [0, 0.05) is 30.2 Å². The van der Waals surface area contributed by atoms with Crippen LogP contribution >= 0.6 is 23.8 Å². The number of anilines is 2. The van der Waals surface area contributed by atoms with Crippen LogP contribution in [0.3, 0.4) is 0 Å². The Kier molecular flexibility index (Phi) is 6.79.